The highest BCUT2D eigenvalue weighted by molar-refractivity contribution is 7.22. The van der Waals surface area contributed by atoms with Crippen LogP contribution in [0, 0.1) is 13.8 Å². The van der Waals surface area contributed by atoms with Crippen LogP contribution in [0.4, 0.5) is 10.8 Å². The zero-order chi connectivity index (χ0) is 26.3. The van der Waals surface area contributed by atoms with Gasteiger partial charge in [0, 0.05) is 12.1 Å². The van der Waals surface area contributed by atoms with E-state index in [4.69, 9.17) is 9.40 Å². The van der Waals surface area contributed by atoms with Crippen molar-refractivity contribution in [2.24, 2.45) is 0 Å². The normalized spacial score (nSPS) is 18.3. The number of rotatable bonds is 3. The molecule has 0 bridgehead atoms. The minimum Gasteiger partial charge on any atom is -0.450 e. The molecule has 1 atom stereocenters. The fourth-order valence-electron chi connectivity index (χ4n) is 6.01. The predicted octanol–water partition coefficient (Wildman–Crippen LogP) is 5.68. The van der Waals surface area contributed by atoms with Crippen molar-refractivity contribution >= 4 is 55.2 Å². The Morgan fingerprint density at radius 2 is 1.76 bits per heavy atom. The molecule has 4 heterocycles. The lowest BCUT2D eigenvalue weighted by Gasteiger charge is -2.32. The molecule has 0 radical (unpaired) electrons. The smallest absolute Gasteiger partial charge is 0.297 e. The average molecular weight is 522 g/mol. The Hall–Kier alpha value is -4.30. The maximum Gasteiger partial charge on any atom is 0.297 e. The van der Waals surface area contributed by atoms with Crippen LogP contribution >= 0.6 is 11.3 Å². The van der Waals surface area contributed by atoms with Crippen LogP contribution in [0.5, 0.6) is 0 Å². The molecule has 0 N–H and O–H groups in total. The number of amides is 2. The summed E-state index contributed by atoms with van der Waals surface area (Å²) in [5, 5.41) is 0.685. The first-order valence-electron chi connectivity index (χ1n) is 12.6. The average Bonchev–Trinajstić information content (AvgIpc) is 3.51. The number of hydrogen-bond acceptors (Lipinski definition) is 6. The van der Waals surface area contributed by atoms with Crippen LogP contribution in [0.3, 0.4) is 0 Å². The highest BCUT2D eigenvalue weighted by atomic mass is 32.1. The van der Waals surface area contributed by atoms with Crippen LogP contribution in [0.25, 0.3) is 21.2 Å². The molecular weight excluding hydrogens is 498 g/mol. The molecule has 2 aromatic heterocycles. The Bertz CT molecular complexity index is 1910. The fourth-order valence-corrected chi connectivity index (χ4v) is 7.20. The lowest BCUT2D eigenvalue weighted by atomic mass is 9.84. The molecule has 2 aliphatic rings. The zero-order valence-corrected chi connectivity index (χ0v) is 21.9. The second-order valence-electron chi connectivity index (χ2n) is 9.88. The number of para-hydroxylation sites is 2. The molecule has 1 unspecified atom stereocenters. The number of fused-ring (bicyclic) bond motifs is 6. The summed E-state index contributed by atoms with van der Waals surface area (Å²) in [6.07, 6.45) is 0.711. The summed E-state index contributed by atoms with van der Waals surface area (Å²) in [7, 11) is 0. The number of benzene rings is 3. The van der Waals surface area contributed by atoms with E-state index >= 15 is 0 Å². The largest absolute Gasteiger partial charge is 0.450 e. The minimum atomic E-state index is -1.71. The third-order valence-electron chi connectivity index (χ3n) is 7.49. The Labute approximate surface area is 221 Å². The lowest BCUT2D eigenvalue weighted by Crippen LogP contribution is -2.53. The van der Waals surface area contributed by atoms with E-state index in [1.54, 1.807) is 29.2 Å². The van der Waals surface area contributed by atoms with Crippen molar-refractivity contribution in [2.75, 3.05) is 16.3 Å². The lowest BCUT2D eigenvalue weighted by molar-refractivity contribution is -0.121. The second-order valence-corrected chi connectivity index (χ2v) is 10.9. The first-order valence-corrected chi connectivity index (χ1v) is 13.4. The molecule has 0 saturated heterocycles. The summed E-state index contributed by atoms with van der Waals surface area (Å²) in [5.41, 5.74) is 2.37. The van der Waals surface area contributed by atoms with E-state index in [1.807, 2.05) is 57.2 Å². The molecule has 0 saturated carbocycles. The molecule has 2 amide bonds. The van der Waals surface area contributed by atoms with Gasteiger partial charge >= 0.3 is 0 Å². The summed E-state index contributed by atoms with van der Waals surface area (Å²) in [5.74, 6) is -0.998. The van der Waals surface area contributed by atoms with E-state index in [9.17, 15) is 14.4 Å². The highest BCUT2D eigenvalue weighted by Crippen LogP contribution is 2.54. The van der Waals surface area contributed by atoms with Gasteiger partial charge in [0.15, 0.2) is 16.1 Å². The van der Waals surface area contributed by atoms with Crippen molar-refractivity contribution < 1.29 is 14.0 Å². The van der Waals surface area contributed by atoms with Crippen LogP contribution in [-0.2, 0) is 10.3 Å². The van der Waals surface area contributed by atoms with Gasteiger partial charge in [0.05, 0.1) is 26.9 Å². The first kappa shape index (κ1) is 22.9. The van der Waals surface area contributed by atoms with Gasteiger partial charge in [0.25, 0.3) is 11.8 Å². The standard InChI is InChI=1S/C30H23N3O4S/c1-4-13-32-20-11-7-6-10-19(20)30(28(32)36)23-25(34)18-9-5-8-12-21(18)37-26(23)27(35)33(30)29-31-24-17(3)14-16(2)15-22(24)38-29/h5-12,14-15H,4,13H2,1-3H3. The van der Waals surface area contributed by atoms with Crippen LogP contribution in [0.1, 0.15) is 46.2 Å². The molecule has 1 spiro atoms. The molecule has 3 aromatic carbocycles. The van der Waals surface area contributed by atoms with Crippen LogP contribution in [0.2, 0.25) is 0 Å². The zero-order valence-electron chi connectivity index (χ0n) is 21.1. The van der Waals surface area contributed by atoms with E-state index in [2.05, 4.69) is 0 Å². The molecule has 38 heavy (non-hydrogen) atoms. The summed E-state index contributed by atoms with van der Waals surface area (Å²) >= 11 is 1.34. The maximum atomic E-state index is 14.6. The maximum absolute atomic E-state index is 14.6. The number of aryl methyl sites for hydroxylation is 2. The third-order valence-corrected chi connectivity index (χ3v) is 8.48. The van der Waals surface area contributed by atoms with E-state index in [1.165, 1.54) is 16.2 Å². The van der Waals surface area contributed by atoms with Crippen molar-refractivity contribution in [1.29, 1.82) is 0 Å². The quantitative estimate of drug-likeness (QED) is 0.305. The molecule has 5 aromatic rings. The number of carbonyl (C=O) groups is 2. The van der Waals surface area contributed by atoms with Gasteiger partial charge in [-0.05, 0) is 55.7 Å². The van der Waals surface area contributed by atoms with Gasteiger partial charge in [-0.1, -0.05) is 54.7 Å². The molecule has 2 aliphatic heterocycles. The number of aromatic nitrogens is 1. The molecule has 8 heteroatoms. The minimum absolute atomic E-state index is 0.0596. The van der Waals surface area contributed by atoms with Crippen molar-refractivity contribution in [3.05, 3.63) is 98.9 Å². The van der Waals surface area contributed by atoms with Gasteiger partial charge in [-0.15, -0.1) is 0 Å². The Kier molecular flexibility index (Phi) is 4.72. The molecular formula is C30H23N3O4S. The number of hydrogen-bond donors (Lipinski definition) is 0. The second kappa shape index (κ2) is 7.85. The van der Waals surface area contributed by atoms with E-state index in [0.29, 0.717) is 40.3 Å². The van der Waals surface area contributed by atoms with Gasteiger partial charge in [0.2, 0.25) is 5.76 Å². The number of nitrogens with zero attached hydrogens (tertiary/aromatic N) is 3. The predicted molar refractivity (Wildman–Crippen MR) is 148 cm³/mol. The summed E-state index contributed by atoms with van der Waals surface area (Å²) in [6.45, 7) is 6.43. The molecule has 188 valence electrons. The third kappa shape index (κ3) is 2.73. The Balaban J connectivity index is 1.62. The SMILES string of the molecule is CCCN1C(=O)C2(c3ccccc31)c1c(oc3ccccc3c1=O)C(=O)N2c1nc2c(C)cc(C)cc2s1. The fraction of sp³-hybridized carbons (Fsp3) is 0.200. The van der Waals surface area contributed by atoms with Crippen molar-refractivity contribution in [1.82, 2.24) is 4.98 Å². The topological polar surface area (TPSA) is 83.7 Å². The van der Waals surface area contributed by atoms with Crippen molar-refractivity contribution in [2.45, 2.75) is 32.7 Å². The van der Waals surface area contributed by atoms with Gasteiger partial charge in [-0.2, -0.15) is 0 Å². The van der Waals surface area contributed by atoms with Gasteiger partial charge in [-0.25, -0.2) is 4.98 Å². The van der Waals surface area contributed by atoms with E-state index in [0.717, 1.165) is 21.3 Å². The Morgan fingerprint density at radius 1 is 1.00 bits per heavy atom. The monoisotopic (exact) mass is 521 g/mol. The van der Waals surface area contributed by atoms with Crippen molar-refractivity contribution in [3.8, 4) is 0 Å². The Morgan fingerprint density at radius 3 is 2.58 bits per heavy atom. The summed E-state index contributed by atoms with van der Waals surface area (Å²) in [6, 6.07) is 18.3. The highest BCUT2D eigenvalue weighted by Gasteiger charge is 2.66. The summed E-state index contributed by atoms with van der Waals surface area (Å²) in [4.78, 5) is 51.1. The van der Waals surface area contributed by atoms with Gasteiger partial charge < -0.3 is 9.32 Å². The van der Waals surface area contributed by atoms with Crippen LogP contribution in [0.15, 0.2) is 69.9 Å². The summed E-state index contributed by atoms with van der Waals surface area (Å²) < 4.78 is 7.03. The molecule has 0 fully saturated rings. The van der Waals surface area contributed by atoms with Gasteiger partial charge in [0.1, 0.15) is 5.58 Å². The van der Waals surface area contributed by atoms with E-state index in [-0.39, 0.29) is 22.7 Å². The molecule has 7 nitrogen and oxygen atoms in total. The van der Waals surface area contributed by atoms with Gasteiger partial charge in [-0.3, -0.25) is 19.3 Å². The van der Waals surface area contributed by atoms with Crippen LogP contribution in [-0.4, -0.2) is 23.3 Å². The number of anilines is 2. The van der Waals surface area contributed by atoms with E-state index < -0.39 is 11.4 Å². The first-order chi connectivity index (χ1) is 18.4. The number of carbonyl (C=O) groups excluding carboxylic acids is 2. The molecule has 7 rings (SSSR count). The van der Waals surface area contributed by atoms with Crippen molar-refractivity contribution in [3.63, 3.8) is 0 Å². The number of thiazole rings is 1. The van der Waals surface area contributed by atoms with Crippen LogP contribution < -0.4 is 15.2 Å². The molecule has 0 aliphatic carbocycles.